The normalized spacial score (nSPS) is 12.7. The van der Waals surface area contributed by atoms with Crippen molar-refractivity contribution in [1.29, 1.82) is 0 Å². The SMILES string of the molecule is Cc1ccc(OCCCC(=O)Nc2sc3c(c2C(N)=O)CCC3)cc1. The fraction of sp³-hybridized carbons (Fsp3) is 0.368. The molecule has 3 rings (SSSR count). The number of anilines is 1. The zero-order valence-electron chi connectivity index (χ0n) is 14.3. The van der Waals surface area contributed by atoms with Gasteiger partial charge in [0, 0.05) is 11.3 Å². The summed E-state index contributed by atoms with van der Waals surface area (Å²) >= 11 is 1.48. The maximum Gasteiger partial charge on any atom is 0.251 e. The van der Waals surface area contributed by atoms with Crippen LogP contribution in [-0.4, -0.2) is 18.4 Å². The van der Waals surface area contributed by atoms with Crippen molar-refractivity contribution in [3.8, 4) is 5.75 Å². The Bertz CT molecular complexity index is 781. The van der Waals surface area contributed by atoms with E-state index < -0.39 is 5.91 Å². The number of hydrogen-bond donors (Lipinski definition) is 2. The Labute approximate surface area is 151 Å². The lowest BCUT2D eigenvalue weighted by Gasteiger charge is -2.08. The third-order valence-electron chi connectivity index (χ3n) is 4.26. The first-order valence-corrected chi connectivity index (χ1v) is 9.30. The van der Waals surface area contributed by atoms with Gasteiger partial charge in [-0.05, 0) is 50.3 Å². The molecule has 0 atom stereocenters. The molecular formula is C19H22N2O3S. The van der Waals surface area contributed by atoms with Gasteiger partial charge in [0.25, 0.3) is 5.91 Å². The fourth-order valence-electron chi connectivity index (χ4n) is 3.00. The smallest absolute Gasteiger partial charge is 0.251 e. The Morgan fingerprint density at radius 1 is 1.24 bits per heavy atom. The zero-order valence-corrected chi connectivity index (χ0v) is 15.1. The summed E-state index contributed by atoms with van der Waals surface area (Å²) in [5, 5.41) is 3.45. The van der Waals surface area contributed by atoms with Crippen LogP contribution in [0.15, 0.2) is 24.3 Å². The van der Waals surface area contributed by atoms with Crippen LogP contribution in [0.3, 0.4) is 0 Å². The molecule has 1 aromatic carbocycles. The van der Waals surface area contributed by atoms with Gasteiger partial charge in [0.2, 0.25) is 5.91 Å². The number of thiophene rings is 1. The third-order valence-corrected chi connectivity index (χ3v) is 5.47. The van der Waals surface area contributed by atoms with Crippen molar-refractivity contribution in [3.05, 3.63) is 45.8 Å². The highest BCUT2D eigenvalue weighted by Gasteiger charge is 2.25. The molecule has 1 aromatic heterocycles. The van der Waals surface area contributed by atoms with Crippen molar-refractivity contribution in [2.75, 3.05) is 11.9 Å². The summed E-state index contributed by atoms with van der Waals surface area (Å²) in [4.78, 5) is 25.1. The van der Waals surface area contributed by atoms with Crippen LogP contribution in [0.1, 0.15) is 45.6 Å². The Hall–Kier alpha value is -2.34. The number of benzene rings is 1. The first kappa shape index (κ1) is 17.5. The highest BCUT2D eigenvalue weighted by molar-refractivity contribution is 7.17. The molecule has 0 bridgehead atoms. The quantitative estimate of drug-likeness (QED) is 0.744. The fourth-order valence-corrected chi connectivity index (χ4v) is 4.31. The lowest BCUT2D eigenvalue weighted by atomic mass is 10.1. The Balaban J connectivity index is 1.50. The maximum atomic E-state index is 12.2. The number of fused-ring (bicyclic) bond motifs is 1. The van der Waals surface area contributed by atoms with Crippen molar-refractivity contribution in [3.63, 3.8) is 0 Å². The van der Waals surface area contributed by atoms with Gasteiger partial charge in [-0.1, -0.05) is 17.7 Å². The van der Waals surface area contributed by atoms with Crippen molar-refractivity contribution in [2.45, 2.75) is 39.0 Å². The van der Waals surface area contributed by atoms with Crippen molar-refractivity contribution in [1.82, 2.24) is 0 Å². The van der Waals surface area contributed by atoms with E-state index in [1.165, 1.54) is 21.8 Å². The van der Waals surface area contributed by atoms with E-state index in [0.29, 0.717) is 30.0 Å². The summed E-state index contributed by atoms with van der Waals surface area (Å²) in [5.41, 5.74) is 8.21. The molecule has 0 saturated heterocycles. The number of carbonyl (C=O) groups excluding carboxylic acids is 2. The van der Waals surface area contributed by atoms with Gasteiger partial charge in [-0.25, -0.2) is 0 Å². The molecule has 3 N–H and O–H groups in total. The van der Waals surface area contributed by atoms with Gasteiger partial charge in [-0.3, -0.25) is 9.59 Å². The van der Waals surface area contributed by atoms with Crippen molar-refractivity contribution in [2.24, 2.45) is 5.73 Å². The monoisotopic (exact) mass is 358 g/mol. The lowest BCUT2D eigenvalue weighted by molar-refractivity contribution is -0.116. The minimum absolute atomic E-state index is 0.116. The van der Waals surface area contributed by atoms with Gasteiger partial charge in [0.1, 0.15) is 10.8 Å². The van der Waals surface area contributed by atoms with E-state index in [0.717, 1.165) is 30.6 Å². The highest BCUT2D eigenvalue weighted by atomic mass is 32.1. The van der Waals surface area contributed by atoms with Crippen LogP contribution in [0, 0.1) is 6.92 Å². The van der Waals surface area contributed by atoms with E-state index in [1.54, 1.807) is 0 Å². The predicted octanol–water partition coefficient (Wildman–Crippen LogP) is 3.44. The first-order valence-electron chi connectivity index (χ1n) is 8.48. The Kier molecular flexibility index (Phi) is 5.38. The summed E-state index contributed by atoms with van der Waals surface area (Å²) in [6.45, 7) is 2.50. The van der Waals surface area contributed by atoms with E-state index >= 15 is 0 Å². The number of hydrogen-bond acceptors (Lipinski definition) is 4. The number of rotatable bonds is 7. The number of ether oxygens (including phenoxy) is 1. The van der Waals surface area contributed by atoms with Crippen LogP contribution in [0.4, 0.5) is 5.00 Å². The molecule has 25 heavy (non-hydrogen) atoms. The van der Waals surface area contributed by atoms with Crippen molar-refractivity contribution < 1.29 is 14.3 Å². The van der Waals surface area contributed by atoms with Crippen LogP contribution in [0.5, 0.6) is 5.75 Å². The number of carbonyl (C=O) groups is 2. The standard InChI is InChI=1S/C19H22N2O3S/c1-12-7-9-13(10-8-12)24-11-3-6-16(22)21-19-17(18(20)23)14-4-2-5-15(14)25-19/h7-10H,2-6,11H2,1H3,(H2,20,23)(H,21,22). The molecule has 6 heteroatoms. The van der Waals surface area contributed by atoms with Crippen LogP contribution in [0.2, 0.25) is 0 Å². The maximum absolute atomic E-state index is 12.2. The summed E-state index contributed by atoms with van der Waals surface area (Å²) < 4.78 is 5.62. The molecule has 0 saturated carbocycles. The number of nitrogens with one attached hydrogen (secondary N) is 1. The van der Waals surface area contributed by atoms with Crippen molar-refractivity contribution >= 4 is 28.2 Å². The average molecular weight is 358 g/mol. The van der Waals surface area contributed by atoms with Crippen LogP contribution in [0.25, 0.3) is 0 Å². The zero-order chi connectivity index (χ0) is 17.8. The molecule has 0 fully saturated rings. The number of aryl methyl sites for hydroxylation is 2. The summed E-state index contributed by atoms with van der Waals surface area (Å²) in [6.07, 6.45) is 3.82. The average Bonchev–Trinajstić information content (AvgIpc) is 3.13. The molecule has 0 unspecified atom stereocenters. The van der Waals surface area contributed by atoms with Gasteiger partial charge in [-0.15, -0.1) is 11.3 Å². The highest BCUT2D eigenvalue weighted by Crippen LogP contribution is 2.38. The molecule has 2 aromatic rings. The number of amides is 2. The lowest BCUT2D eigenvalue weighted by Crippen LogP contribution is -2.18. The van der Waals surface area contributed by atoms with Crippen LogP contribution >= 0.6 is 11.3 Å². The second-order valence-corrected chi connectivity index (χ2v) is 7.34. The van der Waals surface area contributed by atoms with Crippen LogP contribution in [-0.2, 0) is 17.6 Å². The summed E-state index contributed by atoms with van der Waals surface area (Å²) in [7, 11) is 0. The van der Waals surface area contributed by atoms with E-state index in [4.69, 9.17) is 10.5 Å². The predicted molar refractivity (Wildman–Crippen MR) is 99.4 cm³/mol. The largest absolute Gasteiger partial charge is 0.494 e. The molecule has 1 aliphatic carbocycles. The number of primary amides is 1. The van der Waals surface area contributed by atoms with Gasteiger partial charge in [-0.2, -0.15) is 0 Å². The van der Waals surface area contributed by atoms with E-state index in [1.807, 2.05) is 31.2 Å². The molecule has 1 heterocycles. The molecule has 1 aliphatic rings. The molecule has 132 valence electrons. The minimum atomic E-state index is -0.461. The summed E-state index contributed by atoms with van der Waals surface area (Å²) in [5.74, 6) is 0.226. The molecule has 0 spiro atoms. The first-order chi connectivity index (χ1) is 12.0. The van der Waals surface area contributed by atoms with Gasteiger partial charge >= 0.3 is 0 Å². The van der Waals surface area contributed by atoms with Gasteiger partial charge in [0.15, 0.2) is 0 Å². The number of nitrogens with two attached hydrogens (primary N) is 1. The van der Waals surface area contributed by atoms with Gasteiger partial charge in [0.05, 0.1) is 12.2 Å². The second kappa shape index (κ2) is 7.70. The van der Waals surface area contributed by atoms with E-state index in [-0.39, 0.29) is 5.91 Å². The van der Waals surface area contributed by atoms with E-state index in [9.17, 15) is 9.59 Å². The van der Waals surface area contributed by atoms with Gasteiger partial charge < -0.3 is 15.8 Å². The van der Waals surface area contributed by atoms with E-state index in [2.05, 4.69) is 5.32 Å². The third kappa shape index (κ3) is 4.20. The molecular weight excluding hydrogens is 336 g/mol. The minimum Gasteiger partial charge on any atom is -0.494 e. The summed E-state index contributed by atoms with van der Waals surface area (Å²) in [6, 6.07) is 7.82. The van der Waals surface area contributed by atoms with Crippen LogP contribution < -0.4 is 15.8 Å². The second-order valence-electron chi connectivity index (χ2n) is 6.24. The molecule has 2 amide bonds. The Morgan fingerprint density at radius 3 is 2.72 bits per heavy atom. The molecule has 0 aliphatic heterocycles. The molecule has 0 radical (unpaired) electrons. The topological polar surface area (TPSA) is 81.4 Å². The Morgan fingerprint density at radius 2 is 2.00 bits per heavy atom. The molecule has 5 nitrogen and oxygen atoms in total.